The van der Waals surface area contributed by atoms with E-state index in [1.807, 2.05) is 31.3 Å². The number of aryl methyl sites for hydroxylation is 2. The van der Waals surface area contributed by atoms with Crippen LogP contribution in [0, 0.1) is 6.92 Å². The zero-order chi connectivity index (χ0) is 15.7. The molecule has 0 fully saturated rings. The number of hydrogen-bond donors (Lipinski definition) is 0. The summed E-state index contributed by atoms with van der Waals surface area (Å²) in [6, 6.07) is 10.1. The molecule has 22 heavy (non-hydrogen) atoms. The molecule has 0 aliphatic carbocycles. The number of carbonyl (C=O) groups excluding carboxylic acids is 1. The van der Waals surface area contributed by atoms with Gasteiger partial charge in [0.2, 0.25) is 0 Å². The molecule has 3 nitrogen and oxygen atoms in total. The fraction of sp³-hybridized carbons (Fsp3) is 0.294. The van der Waals surface area contributed by atoms with Gasteiger partial charge in [0.05, 0.1) is 21.6 Å². The van der Waals surface area contributed by atoms with Gasteiger partial charge in [0, 0.05) is 11.9 Å². The highest BCUT2D eigenvalue weighted by Crippen LogP contribution is 2.25. The van der Waals surface area contributed by atoms with E-state index in [1.54, 1.807) is 27.6 Å². The highest BCUT2D eigenvalue weighted by molar-refractivity contribution is 7.18. The van der Waals surface area contributed by atoms with Gasteiger partial charge in [-0.3, -0.25) is 4.79 Å². The van der Waals surface area contributed by atoms with Crippen LogP contribution in [0.2, 0.25) is 0 Å². The summed E-state index contributed by atoms with van der Waals surface area (Å²) in [5.74, 6) is 0.0760. The molecule has 0 spiro atoms. The molecule has 0 bridgehead atoms. The average Bonchev–Trinajstić information content (AvgIpc) is 3.08. The van der Waals surface area contributed by atoms with Gasteiger partial charge < -0.3 is 4.90 Å². The Morgan fingerprint density at radius 1 is 1.27 bits per heavy atom. The van der Waals surface area contributed by atoms with E-state index in [2.05, 4.69) is 24.9 Å². The van der Waals surface area contributed by atoms with E-state index in [0.717, 1.165) is 21.8 Å². The molecule has 114 valence electrons. The van der Waals surface area contributed by atoms with E-state index in [4.69, 9.17) is 0 Å². The van der Waals surface area contributed by atoms with Crippen LogP contribution in [0.3, 0.4) is 0 Å². The van der Waals surface area contributed by atoms with Crippen LogP contribution < -0.4 is 0 Å². The third kappa shape index (κ3) is 2.91. The molecule has 3 rings (SSSR count). The van der Waals surface area contributed by atoms with Crippen LogP contribution in [0.4, 0.5) is 0 Å². The molecular formula is C17H18N2OS2. The third-order valence-electron chi connectivity index (χ3n) is 3.67. The van der Waals surface area contributed by atoms with Gasteiger partial charge in [-0.05, 0) is 37.1 Å². The Labute approximate surface area is 138 Å². The number of thiophene rings is 1. The Balaban J connectivity index is 1.77. The maximum absolute atomic E-state index is 12.6. The fourth-order valence-electron chi connectivity index (χ4n) is 2.43. The van der Waals surface area contributed by atoms with Crippen molar-refractivity contribution in [1.82, 2.24) is 9.88 Å². The van der Waals surface area contributed by atoms with Crippen LogP contribution >= 0.6 is 22.7 Å². The molecule has 0 saturated heterocycles. The van der Waals surface area contributed by atoms with Crippen molar-refractivity contribution in [2.75, 3.05) is 7.05 Å². The summed E-state index contributed by atoms with van der Waals surface area (Å²) in [5, 5.41) is 0.973. The predicted molar refractivity (Wildman–Crippen MR) is 93.9 cm³/mol. The molecule has 0 atom stereocenters. The van der Waals surface area contributed by atoms with E-state index in [-0.39, 0.29) is 5.91 Å². The van der Waals surface area contributed by atoms with E-state index < -0.39 is 0 Å². The number of para-hydroxylation sites is 1. The largest absolute Gasteiger partial charge is 0.334 e. The highest BCUT2D eigenvalue weighted by atomic mass is 32.1. The zero-order valence-electron chi connectivity index (χ0n) is 12.9. The second-order valence-corrected chi connectivity index (χ2v) is 7.65. The highest BCUT2D eigenvalue weighted by Gasteiger charge is 2.17. The van der Waals surface area contributed by atoms with E-state index in [1.165, 1.54) is 15.1 Å². The lowest BCUT2D eigenvalue weighted by Gasteiger charge is -2.14. The number of benzene rings is 1. The van der Waals surface area contributed by atoms with Crippen molar-refractivity contribution in [2.24, 2.45) is 0 Å². The van der Waals surface area contributed by atoms with Crippen LogP contribution in [-0.4, -0.2) is 22.8 Å². The Morgan fingerprint density at radius 3 is 2.73 bits per heavy atom. The van der Waals surface area contributed by atoms with Crippen LogP contribution in [0.5, 0.6) is 0 Å². The van der Waals surface area contributed by atoms with Gasteiger partial charge in [0.15, 0.2) is 0 Å². The van der Waals surface area contributed by atoms with Gasteiger partial charge in [-0.15, -0.1) is 22.7 Å². The van der Waals surface area contributed by atoms with E-state index >= 15 is 0 Å². The van der Waals surface area contributed by atoms with Gasteiger partial charge >= 0.3 is 0 Å². The lowest BCUT2D eigenvalue weighted by molar-refractivity contribution is 0.0790. The van der Waals surface area contributed by atoms with Crippen molar-refractivity contribution in [3.8, 4) is 0 Å². The topological polar surface area (TPSA) is 33.2 Å². The number of carbonyl (C=O) groups is 1. The van der Waals surface area contributed by atoms with Crippen molar-refractivity contribution < 1.29 is 4.79 Å². The monoisotopic (exact) mass is 330 g/mol. The number of amides is 1. The normalized spacial score (nSPS) is 11.0. The predicted octanol–water partition coefficient (Wildman–Crippen LogP) is 4.50. The fourth-order valence-corrected chi connectivity index (χ4v) is 4.56. The number of thiazole rings is 1. The number of aromatic nitrogens is 1. The van der Waals surface area contributed by atoms with E-state index in [9.17, 15) is 4.79 Å². The molecule has 1 aromatic carbocycles. The minimum atomic E-state index is 0.0760. The number of fused-ring (bicyclic) bond motifs is 1. The lowest BCUT2D eigenvalue weighted by atomic mass is 10.2. The van der Waals surface area contributed by atoms with Crippen molar-refractivity contribution in [3.05, 3.63) is 50.7 Å². The molecule has 0 aliphatic heterocycles. The summed E-state index contributed by atoms with van der Waals surface area (Å²) in [6.45, 7) is 4.75. The standard InChI is InChI=1S/C17H18N2OS2/c1-4-12-9-15(21-11(12)2)17(20)19(3)10-16-18-13-7-5-6-8-14(13)22-16/h5-9H,4,10H2,1-3H3. The van der Waals surface area contributed by atoms with Crippen molar-refractivity contribution in [1.29, 1.82) is 0 Å². The quantitative estimate of drug-likeness (QED) is 0.705. The SMILES string of the molecule is CCc1cc(C(=O)N(C)Cc2nc3ccccc3s2)sc1C. The molecule has 3 aromatic rings. The average molecular weight is 330 g/mol. The van der Waals surface area contributed by atoms with Gasteiger partial charge in [-0.1, -0.05) is 19.1 Å². The summed E-state index contributed by atoms with van der Waals surface area (Å²) in [6.07, 6.45) is 0.969. The Morgan fingerprint density at radius 2 is 2.05 bits per heavy atom. The first-order valence-corrected chi connectivity index (χ1v) is 8.91. The second-order valence-electron chi connectivity index (χ2n) is 5.28. The second kappa shape index (κ2) is 6.18. The Hall–Kier alpha value is -1.72. The summed E-state index contributed by atoms with van der Waals surface area (Å²) < 4.78 is 1.17. The number of hydrogen-bond acceptors (Lipinski definition) is 4. The molecule has 0 aliphatic rings. The van der Waals surface area contributed by atoms with Crippen molar-refractivity contribution in [2.45, 2.75) is 26.8 Å². The Kier molecular flexibility index (Phi) is 4.27. The molecule has 0 N–H and O–H groups in total. The smallest absolute Gasteiger partial charge is 0.264 e. The molecular weight excluding hydrogens is 312 g/mol. The van der Waals surface area contributed by atoms with Gasteiger partial charge in [0.25, 0.3) is 5.91 Å². The van der Waals surface area contributed by atoms with Gasteiger partial charge in [-0.25, -0.2) is 4.98 Å². The number of nitrogens with zero attached hydrogens (tertiary/aromatic N) is 2. The van der Waals surface area contributed by atoms with Gasteiger partial charge in [-0.2, -0.15) is 0 Å². The van der Waals surface area contributed by atoms with Crippen molar-refractivity contribution in [3.63, 3.8) is 0 Å². The first kappa shape index (κ1) is 15.2. The maximum Gasteiger partial charge on any atom is 0.264 e. The summed E-state index contributed by atoms with van der Waals surface area (Å²) in [7, 11) is 1.84. The summed E-state index contributed by atoms with van der Waals surface area (Å²) >= 11 is 3.23. The molecule has 1 amide bonds. The van der Waals surface area contributed by atoms with Gasteiger partial charge in [0.1, 0.15) is 5.01 Å². The minimum absolute atomic E-state index is 0.0760. The Bertz CT molecular complexity index is 786. The summed E-state index contributed by atoms with van der Waals surface area (Å²) in [5.41, 5.74) is 2.27. The zero-order valence-corrected chi connectivity index (χ0v) is 14.6. The summed E-state index contributed by atoms with van der Waals surface area (Å²) in [4.78, 5) is 21.0. The molecule has 0 saturated carbocycles. The lowest BCUT2D eigenvalue weighted by Crippen LogP contribution is -2.25. The number of rotatable bonds is 4. The first-order chi connectivity index (χ1) is 10.6. The van der Waals surface area contributed by atoms with Crippen LogP contribution in [0.15, 0.2) is 30.3 Å². The van der Waals surface area contributed by atoms with E-state index in [0.29, 0.717) is 6.54 Å². The van der Waals surface area contributed by atoms with Crippen LogP contribution in [0.25, 0.3) is 10.2 Å². The van der Waals surface area contributed by atoms with Crippen LogP contribution in [0.1, 0.15) is 32.0 Å². The third-order valence-corrected chi connectivity index (χ3v) is 5.77. The van der Waals surface area contributed by atoms with Crippen LogP contribution in [-0.2, 0) is 13.0 Å². The molecule has 0 radical (unpaired) electrons. The molecule has 2 aromatic heterocycles. The minimum Gasteiger partial charge on any atom is -0.334 e. The molecule has 5 heteroatoms. The maximum atomic E-state index is 12.6. The molecule has 0 unspecified atom stereocenters. The molecule has 2 heterocycles. The van der Waals surface area contributed by atoms with Crippen molar-refractivity contribution >= 4 is 38.8 Å². The first-order valence-electron chi connectivity index (χ1n) is 7.27.